The Kier molecular flexibility index (Phi) is 3.66. The number of hydrogen-bond acceptors (Lipinski definition) is 4. The molecule has 23 heavy (non-hydrogen) atoms. The average molecular weight is 390 g/mol. The van der Waals surface area contributed by atoms with E-state index in [2.05, 4.69) is 15.9 Å². The fourth-order valence-corrected chi connectivity index (χ4v) is 4.29. The molecule has 0 aliphatic carbocycles. The summed E-state index contributed by atoms with van der Waals surface area (Å²) in [5.74, 6) is 0.235. The van der Waals surface area contributed by atoms with E-state index in [9.17, 15) is 9.59 Å². The molecule has 0 spiro atoms. The lowest BCUT2D eigenvalue weighted by Gasteiger charge is -2.24. The summed E-state index contributed by atoms with van der Waals surface area (Å²) in [6.45, 7) is 0.278. The number of ether oxygens (including phenoxy) is 1. The van der Waals surface area contributed by atoms with Crippen LogP contribution in [0.5, 0.6) is 0 Å². The molecular formula is C17H12BrNO3S. The van der Waals surface area contributed by atoms with Crippen LogP contribution < -0.4 is 4.90 Å². The number of amides is 1. The summed E-state index contributed by atoms with van der Waals surface area (Å²) >= 11 is 5.04. The minimum atomic E-state index is -0.293. The molecule has 6 heteroatoms. The third kappa shape index (κ3) is 2.56. The van der Waals surface area contributed by atoms with Gasteiger partial charge >= 0.3 is 5.97 Å². The number of nitrogens with zero attached hydrogens (tertiary/aromatic N) is 1. The van der Waals surface area contributed by atoms with Gasteiger partial charge in [0.1, 0.15) is 12.0 Å². The van der Waals surface area contributed by atoms with E-state index in [1.165, 1.54) is 0 Å². The number of cyclic esters (lactones) is 1. The number of fused-ring (bicyclic) bond motifs is 1. The van der Waals surface area contributed by atoms with Crippen LogP contribution in [0.15, 0.2) is 46.9 Å². The normalized spacial score (nSPS) is 19.9. The lowest BCUT2D eigenvalue weighted by Crippen LogP contribution is -2.27. The first-order valence-electron chi connectivity index (χ1n) is 7.13. The summed E-state index contributed by atoms with van der Waals surface area (Å²) < 4.78 is 6.05. The molecule has 4 rings (SSSR count). The molecule has 1 atom stereocenters. The van der Waals surface area contributed by atoms with Crippen LogP contribution in [0, 0.1) is 0 Å². The summed E-state index contributed by atoms with van der Waals surface area (Å²) in [6, 6.07) is 13.4. The number of hydrogen-bond donors (Lipinski definition) is 0. The van der Waals surface area contributed by atoms with Gasteiger partial charge in [-0.15, -0.1) is 11.8 Å². The SMILES string of the molecule is O=C1OCc2cc(N3C(=O)CSC3c3ccc(Br)cc3)ccc21. The van der Waals surface area contributed by atoms with E-state index in [0.717, 1.165) is 21.3 Å². The zero-order valence-corrected chi connectivity index (χ0v) is 14.4. The standard InChI is InChI=1S/C17H12BrNO3S/c18-12-3-1-10(2-4-12)16-19(15(20)9-23-16)13-5-6-14-11(7-13)8-22-17(14)21/h1-7,16H,8-9H2. The zero-order valence-electron chi connectivity index (χ0n) is 12.0. The summed E-state index contributed by atoms with van der Waals surface area (Å²) in [5, 5.41) is -0.0494. The van der Waals surface area contributed by atoms with Crippen LogP contribution in [0.25, 0.3) is 0 Å². The molecule has 0 N–H and O–H groups in total. The second-order valence-electron chi connectivity index (χ2n) is 5.40. The maximum atomic E-state index is 12.4. The van der Waals surface area contributed by atoms with Gasteiger partial charge in [0, 0.05) is 15.7 Å². The summed E-state index contributed by atoms with van der Waals surface area (Å²) in [4.78, 5) is 25.8. The molecule has 0 aromatic heterocycles. The third-order valence-electron chi connectivity index (χ3n) is 3.97. The number of thioether (sulfide) groups is 1. The molecule has 0 saturated carbocycles. The van der Waals surface area contributed by atoms with Crippen LogP contribution in [-0.4, -0.2) is 17.6 Å². The second-order valence-corrected chi connectivity index (χ2v) is 7.38. The highest BCUT2D eigenvalue weighted by molar-refractivity contribution is 9.10. The maximum absolute atomic E-state index is 12.4. The van der Waals surface area contributed by atoms with Gasteiger partial charge in [-0.2, -0.15) is 0 Å². The minimum absolute atomic E-state index is 0.0494. The van der Waals surface area contributed by atoms with E-state index in [1.54, 1.807) is 22.7 Å². The van der Waals surface area contributed by atoms with Crippen molar-refractivity contribution in [3.8, 4) is 0 Å². The Labute approximate surface area is 145 Å². The minimum Gasteiger partial charge on any atom is -0.457 e. The Balaban J connectivity index is 1.72. The van der Waals surface area contributed by atoms with E-state index in [-0.39, 0.29) is 23.9 Å². The maximum Gasteiger partial charge on any atom is 0.338 e. The molecule has 4 nitrogen and oxygen atoms in total. The number of carbonyl (C=O) groups is 2. The first kappa shape index (κ1) is 14.8. The fourth-order valence-electron chi connectivity index (χ4n) is 2.85. The van der Waals surface area contributed by atoms with Gasteiger partial charge in [0.25, 0.3) is 0 Å². The Morgan fingerprint density at radius 2 is 1.91 bits per heavy atom. The second kappa shape index (κ2) is 5.69. The summed E-state index contributed by atoms with van der Waals surface area (Å²) in [6.07, 6.45) is 0. The molecule has 2 aliphatic rings. The van der Waals surface area contributed by atoms with Crippen LogP contribution in [0.1, 0.15) is 26.9 Å². The van der Waals surface area contributed by atoms with Crippen molar-refractivity contribution in [1.82, 2.24) is 0 Å². The first-order valence-corrected chi connectivity index (χ1v) is 8.97. The van der Waals surface area contributed by atoms with Crippen molar-refractivity contribution in [2.45, 2.75) is 12.0 Å². The van der Waals surface area contributed by atoms with Crippen molar-refractivity contribution in [3.05, 3.63) is 63.6 Å². The van der Waals surface area contributed by atoms with Crippen LogP contribution >= 0.6 is 27.7 Å². The molecule has 116 valence electrons. The monoisotopic (exact) mass is 389 g/mol. The third-order valence-corrected chi connectivity index (χ3v) is 5.71. The van der Waals surface area contributed by atoms with Crippen LogP contribution in [0.4, 0.5) is 5.69 Å². The van der Waals surface area contributed by atoms with Gasteiger partial charge in [-0.05, 0) is 35.9 Å². The lowest BCUT2D eigenvalue weighted by molar-refractivity contribution is -0.115. The lowest BCUT2D eigenvalue weighted by atomic mass is 10.1. The largest absolute Gasteiger partial charge is 0.457 e. The number of rotatable bonds is 2. The molecule has 1 amide bonds. The smallest absolute Gasteiger partial charge is 0.338 e. The molecule has 1 saturated heterocycles. The average Bonchev–Trinajstić information content (AvgIpc) is 3.11. The molecular weight excluding hydrogens is 378 g/mol. The van der Waals surface area contributed by atoms with Gasteiger partial charge in [-0.25, -0.2) is 4.79 Å². The Morgan fingerprint density at radius 3 is 2.70 bits per heavy atom. The highest BCUT2D eigenvalue weighted by Gasteiger charge is 2.35. The van der Waals surface area contributed by atoms with Crippen molar-refractivity contribution in [3.63, 3.8) is 0 Å². The topological polar surface area (TPSA) is 46.6 Å². The van der Waals surface area contributed by atoms with Gasteiger partial charge in [0.05, 0.1) is 11.3 Å². The number of carbonyl (C=O) groups excluding carboxylic acids is 2. The Hall–Kier alpha value is -1.79. The van der Waals surface area contributed by atoms with Gasteiger partial charge in [0.2, 0.25) is 5.91 Å². The summed E-state index contributed by atoms with van der Waals surface area (Å²) in [7, 11) is 0. The zero-order chi connectivity index (χ0) is 16.0. The predicted molar refractivity (Wildman–Crippen MR) is 92.4 cm³/mol. The van der Waals surface area contributed by atoms with Crippen LogP contribution in [-0.2, 0) is 16.1 Å². The van der Waals surface area contributed by atoms with E-state index < -0.39 is 0 Å². The van der Waals surface area contributed by atoms with Gasteiger partial charge in [-0.1, -0.05) is 28.1 Å². The number of esters is 1. The molecule has 0 bridgehead atoms. The molecule has 0 radical (unpaired) electrons. The number of benzene rings is 2. The van der Waals surface area contributed by atoms with Crippen molar-refractivity contribution < 1.29 is 14.3 Å². The Bertz CT molecular complexity index is 806. The van der Waals surface area contributed by atoms with Crippen molar-refractivity contribution in [2.24, 2.45) is 0 Å². The number of halogens is 1. The molecule has 2 aromatic carbocycles. The van der Waals surface area contributed by atoms with E-state index in [0.29, 0.717) is 11.3 Å². The first-order chi connectivity index (χ1) is 11.1. The highest BCUT2D eigenvalue weighted by Crippen LogP contribution is 2.42. The van der Waals surface area contributed by atoms with Crippen molar-refractivity contribution >= 4 is 45.3 Å². The van der Waals surface area contributed by atoms with Gasteiger partial charge < -0.3 is 4.74 Å². The molecule has 1 fully saturated rings. The molecule has 2 aromatic rings. The predicted octanol–water partition coefficient (Wildman–Crippen LogP) is 3.90. The van der Waals surface area contributed by atoms with E-state index in [4.69, 9.17) is 4.74 Å². The Morgan fingerprint density at radius 1 is 1.13 bits per heavy atom. The van der Waals surface area contributed by atoms with Crippen molar-refractivity contribution in [1.29, 1.82) is 0 Å². The van der Waals surface area contributed by atoms with Crippen molar-refractivity contribution in [2.75, 3.05) is 10.7 Å². The molecule has 2 aliphatic heterocycles. The highest BCUT2D eigenvalue weighted by atomic mass is 79.9. The molecule has 2 heterocycles. The van der Waals surface area contributed by atoms with Gasteiger partial charge in [-0.3, -0.25) is 9.69 Å². The van der Waals surface area contributed by atoms with Gasteiger partial charge in [0.15, 0.2) is 0 Å². The van der Waals surface area contributed by atoms with Crippen LogP contribution in [0.3, 0.4) is 0 Å². The quantitative estimate of drug-likeness (QED) is 0.730. The molecule has 1 unspecified atom stereocenters. The van der Waals surface area contributed by atoms with E-state index >= 15 is 0 Å². The number of anilines is 1. The summed E-state index contributed by atoms with van der Waals surface area (Å²) in [5.41, 5.74) is 3.32. The fraction of sp³-hybridized carbons (Fsp3) is 0.176. The van der Waals surface area contributed by atoms with Crippen LogP contribution in [0.2, 0.25) is 0 Å². The van der Waals surface area contributed by atoms with E-state index in [1.807, 2.05) is 36.4 Å².